The highest BCUT2D eigenvalue weighted by molar-refractivity contribution is 5.98. The molecule has 0 saturated heterocycles. The first-order valence-corrected chi connectivity index (χ1v) is 12.1. The summed E-state index contributed by atoms with van der Waals surface area (Å²) in [6, 6.07) is 33.5. The number of nitrogens with zero attached hydrogens (tertiary/aromatic N) is 1. The van der Waals surface area contributed by atoms with Gasteiger partial charge < -0.3 is 14.7 Å². The molecule has 4 aromatic rings. The van der Waals surface area contributed by atoms with Crippen LogP contribution in [0.1, 0.15) is 27.9 Å². The van der Waals surface area contributed by atoms with Crippen LogP contribution in [0.5, 0.6) is 5.75 Å². The van der Waals surface area contributed by atoms with Crippen LogP contribution in [-0.2, 0) is 13.0 Å². The summed E-state index contributed by atoms with van der Waals surface area (Å²) in [6.45, 7) is 0.932. The second-order valence-electron chi connectivity index (χ2n) is 8.72. The Kier molecular flexibility index (Phi) is 10.7. The Morgan fingerprint density at radius 2 is 1.43 bits per heavy atom. The maximum absolute atomic E-state index is 14.0. The van der Waals surface area contributed by atoms with Crippen molar-refractivity contribution >= 4 is 23.9 Å². The third-order valence-electron chi connectivity index (χ3n) is 5.93. The Balaban J connectivity index is 0.00000380. The van der Waals surface area contributed by atoms with Gasteiger partial charge in [0.25, 0.3) is 0 Å². The van der Waals surface area contributed by atoms with Crippen molar-refractivity contribution in [1.82, 2.24) is 0 Å². The van der Waals surface area contributed by atoms with E-state index in [0.717, 1.165) is 16.8 Å². The number of aliphatic hydroxyl groups is 1. The number of carbonyl (C=O) groups is 1. The Bertz CT molecular complexity index is 1240. The Labute approximate surface area is 223 Å². The quantitative estimate of drug-likeness (QED) is 0.217. The van der Waals surface area contributed by atoms with Crippen molar-refractivity contribution < 1.29 is 19.0 Å². The van der Waals surface area contributed by atoms with E-state index in [1.807, 2.05) is 91.0 Å². The van der Waals surface area contributed by atoms with Crippen molar-refractivity contribution in [3.8, 4) is 5.75 Å². The van der Waals surface area contributed by atoms with Crippen molar-refractivity contribution in [2.24, 2.45) is 0 Å². The number of benzene rings is 4. The van der Waals surface area contributed by atoms with E-state index in [-0.39, 0.29) is 42.5 Å². The van der Waals surface area contributed by atoms with Crippen molar-refractivity contribution in [2.75, 3.05) is 18.1 Å². The van der Waals surface area contributed by atoms with E-state index in [9.17, 15) is 14.3 Å². The summed E-state index contributed by atoms with van der Waals surface area (Å²) in [6.07, 6.45) is -0.0269. The second-order valence-corrected chi connectivity index (χ2v) is 8.72. The van der Waals surface area contributed by atoms with Crippen LogP contribution in [-0.4, -0.2) is 30.1 Å². The molecule has 0 saturated carbocycles. The highest BCUT2D eigenvalue weighted by Gasteiger charge is 2.18. The predicted molar refractivity (Wildman–Crippen MR) is 148 cm³/mol. The summed E-state index contributed by atoms with van der Waals surface area (Å²) in [7, 11) is 0. The van der Waals surface area contributed by atoms with Crippen molar-refractivity contribution in [2.45, 2.75) is 25.5 Å². The van der Waals surface area contributed by atoms with Crippen LogP contribution in [0.25, 0.3) is 0 Å². The summed E-state index contributed by atoms with van der Waals surface area (Å²) in [5.74, 6) is -0.412. The minimum Gasteiger partial charge on any atom is -0.490 e. The first-order valence-electron chi connectivity index (χ1n) is 12.1. The standard InChI is InChI=1S/C31H30FNO3.ClH/c32-26-17-19-31(29(20-26)30(35)18-16-24-10-4-1-5-11-24)36-23-28(34)22-33(27-14-8-3-9-15-27)21-25-12-6-2-7-13-25;/h1-15,17,19-20,28,34H,16,18,21-23H2;1H. The van der Waals surface area contributed by atoms with Crippen molar-refractivity contribution in [3.05, 3.63) is 132 Å². The lowest BCUT2D eigenvalue weighted by molar-refractivity contribution is 0.0957. The van der Waals surface area contributed by atoms with Crippen LogP contribution in [0.2, 0.25) is 0 Å². The monoisotopic (exact) mass is 519 g/mol. The van der Waals surface area contributed by atoms with Gasteiger partial charge in [0, 0.05) is 25.2 Å². The number of Topliss-reactive ketones (excluding diaryl/α,β-unsaturated/α-hetero) is 1. The molecule has 6 heteroatoms. The van der Waals surface area contributed by atoms with Crippen molar-refractivity contribution in [3.63, 3.8) is 0 Å². The van der Waals surface area contributed by atoms with Gasteiger partial charge in [0.1, 0.15) is 24.3 Å². The van der Waals surface area contributed by atoms with E-state index in [1.54, 1.807) is 0 Å². The van der Waals surface area contributed by atoms with Crippen LogP contribution in [0.4, 0.5) is 10.1 Å². The molecule has 1 atom stereocenters. The summed E-state index contributed by atoms with van der Waals surface area (Å²) in [5, 5.41) is 10.8. The number of ketones is 1. The van der Waals surface area contributed by atoms with Crippen LogP contribution in [0.3, 0.4) is 0 Å². The summed E-state index contributed by atoms with van der Waals surface area (Å²) in [5.41, 5.74) is 3.35. The number of rotatable bonds is 12. The molecule has 4 aromatic carbocycles. The lowest BCUT2D eigenvalue weighted by Gasteiger charge is -2.27. The average molecular weight is 520 g/mol. The molecule has 0 radical (unpaired) electrons. The minimum absolute atomic E-state index is 0. The molecule has 1 N–H and O–H groups in total. The summed E-state index contributed by atoms with van der Waals surface area (Å²) < 4.78 is 19.8. The van der Waals surface area contributed by atoms with Gasteiger partial charge in [0.2, 0.25) is 0 Å². The SMILES string of the molecule is Cl.O=C(CCc1ccccc1)c1cc(F)ccc1OCC(O)CN(Cc1ccccc1)c1ccccc1. The third-order valence-corrected chi connectivity index (χ3v) is 5.93. The summed E-state index contributed by atoms with van der Waals surface area (Å²) >= 11 is 0. The van der Waals surface area contributed by atoms with Gasteiger partial charge in [-0.1, -0.05) is 78.9 Å². The van der Waals surface area contributed by atoms with E-state index in [2.05, 4.69) is 4.90 Å². The number of halogens is 2. The first-order chi connectivity index (χ1) is 17.6. The highest BCUT2D eigenvalue weighted by Crippen LogP contribution is 2.23. The first kappa shape index (κ1) is 27.9. The molecule has 0 aliphatic carbocycles. The van der Waals surface area contributed by atoms with Gasteiger partial charge in [0.05, 0.1) is 5.56 Å². The number of aryl methyl sites for hydroxylation is 1. The largest absolute Gasteiger partial charge is 0.490 e. The number of aliphatic hydroxyl groups excluding tert-OH is 1. The highest BCUT2D eigenvalue weighted by atomic mass is 35.5. The molecule has 192 valence electrons. The van der Waals surface area contributed by atoms with Gasteiger partial charge in [-0.15, -0.1) is 12.4 Å². The van der Waals surface area contributed by atoms with E-state index in [1.165, 1.54) is 18.2 Å². The Morgan fingerprint density at radius 1 is 0.838 bits per heavy atom. The fourth-order valence-corrected chi connectivity index (χ4v) is 4.08. The van der Waals surface area contributed by atoms with Crippen LogP contribution in [0, 0.1) is 5.82 Å². The smallest absolute Gasteiger partial charge is 0.167 e. The normalized spacial score (nSPS) is 11.3. The average Bonchev–Trinajstić information content (AvgIpc) is 2.92. The Morgan fingerprint density at radius 3 is 2.08 bits per heavy atom. The molecule has 0 spiro atoms. The van der Waals surface area contributed by atoms with Crippen molar-refractivity contribution in [1.29, 1.82) is 0 Å². The van der Waals surface area contributed by atoms with Crippen LogP contribution in [0.15, 0.2) is 109 Å². The molecule has 0 aliphatic rings. The number of carbonyl (C=O) groups excluding carboxylic acids is 1. The number of ether oxygens (including phenoxy) is 1. The molecule has 0 aromatic heterocycles. The van der Waals surface area contributed by atoms with E-state index in [0.29, 0.717) is 19.5 Å². The van der Waals surface area contributed by atoms with E-state index < -0.39 is 11.9 Å². The van der Waals surface area contributed by atoms with Gasteiger partial charge in [0.15, 0.2) is 5.78 Å². The lowest BCUT2D eigenvalue weighted by atomic mass is 10.0. The lowest BCUT2D eigenvalue weighted by Crippen LogP contribution is -2.35. The fraction of sp³-hybridized carbons (Fsp3) is 0.194. The molecule has 0 amide bonds. The molecular weight excluding hydrogens is 489 g/mol. The zero-order chi connectivity index (χ0) is 25.2. The molecular formula is C31H31ClFNO3. The second kappa shape index (κ2) is 14.2. The molecule has 0 fully saturated rings. The third kappa shape index (κ3) is 8.45. The maximum atomic E-state index is 14.0. The fourth-order valence-electron chi connectivity index (χ4n) is 4.08. The molecule has 0 aliphatic heterocycles. The zero-order valence-corrected chi connectivity index (χ0v) is 21.3. The predicted octanol–water partition coefficient (Wildman–Crippen LogP) is 6.51. The van der Waals surface area contributed by atoms with Gasteiger partial charge >= 0.3 is 0 Å². The summed E-state index contributed by atoms with van der Waals surface area (Å²) in [4.78, 5) is 15.0. The van der Waals surface area contributed by atoms with Crippen LogP contribution >= 0.6 is 12.4 Å². The van der Waals surface area contributed by atoms with Crippen LogP contribution < -0.4 is 9.64 Å². The molecule has 4 nitrogen and oxygen atoms in total. The topological polar surface area (TPSA) is 49.8 Å². The maximum Gasteiger partial charge on any atom is 0.167 e. The van der Waals surface area contributed by atoms with E-state index >= 15 is 0 Å². The van der Waals surface area contributed by atoms with Gasteiger partial charge in [-0.25, -0.2) is 4.39 Å². The van der Waals surface area contributed by atoms with Gasteiger partial charge in [-0.2, -0.15) is 0 Å². The number of para-hydroxylation sites is 1. The zero-order valence-electron chi connectivity index (χ0n) is 20.5. The minimum atomic E-state index is -0.828. The molecule has 1 unspecified atom stereocenters. The van der Waals surface area contributed by atoms with Gasteiger partial charge in [-0.3, -0.25) is 4.79 Å². The number of hydrogen-bond donors (Lipinski definition) is 1. The number of hydrogen-bond acceptors (Lipinski definition) is 4. The molecule has 0 bridgehead atoms. The van der Waals surface area contributed by atoms with Gasteiger partial charge in [-0.05, 0) is 47.9 Å². The van der Waals surface area contributed by atoms with E-state index in [4.69, 9.17) is 4.74 Å². The molecule has 37 heavy (non-hydrogen) atoms. The molecule has 0 heterocycles. The molecule has 4 rings (SSSR count). The number of anilines is 1. The Hall–Kier alpha value is -3.67.